The topological polar surface area (TPSA) is 37.0 Å². The van der Waals surface area contributed by atoms with E-state index in [1.54, 1.807) is 13.1 Å². The predicted molar refractivity (Wildman–Crippen MR) is 76.4 cm³/mol. The SMILES string of the molecule is CCC(C)(C)CNc1nc(NC)c(Cl)cc1Cl. The number of pyridine rings is 1. The van der Waals surface area contributed by atoms with Crippen LogP contribution in [0.3, 0.4) is 0 Å². The lowest BCUT2D eigenvalue weighted by Crippen LogP contribution is -2.22. The summed E-state index contributed by atoms with van der Waals surface area (Å²) in [7, 11) is 1.78. The van der Waals surface area contributed by atoms with Crippen LogP contribution in [0.15, 0.2) is 6.07 Å². The molecule has 0 atom stereocenters. The number of aromatic nitrogens is 1. The van der Waals surface area contributed by atoms with E-state index in [9.17, 15) is 0 Å². The molecule has 5 heteroatoms. The molecule has 0 aliphatic heterocycles. The normalized spacial score (nSPS) is 11.4. The molecule has 0 aromatic carbocycles. The minimum Gasteiger partial charge on any atom is -0.372 e. The number of halogens is 2. The van der Waals surface area contributed by atoms with Crippen LogP contribution >= 0.6 is 23.2 Å². The highest BCUT2D eigenvalue weighted by Gasteiger charge is 2.16. The number of hydrogen-bond donors (Lipinski definition) is 2. The molecule has 17 heavy (non-hydrogen) atoms. The van der Waals surface area contributed by atoms with Crippen molar-refractivity contribution in [2.45, 2.75) is 27.2 Å². The molecule has 0 spiro atoms. The number of rotatable bonds is 5. The van der Waals surface area contributed by atoms with Crippen LogP contribution in [0.5, 0.6) is 0 Å². The molecule has 0 radical (unpaired) electrons. The largest absolute Gasteiger partial charge is 0.372 e. The Labute approximate surface area is 113 Å². The van der Waals surface area contributed by atoms with E-state index in [4.69, 9.17) is 23.2 Å². The average molecular weight is 276 g/mol. The fourth-order valence-electron chi connectivity index (χ4n) is 1.21. The van der Waals surface area contributed by atoms with Gasteiger partial charge in [0.1, 0.15) is 11.6 Å². The Morgan fingerprint density at radius 2 is 1.82 bits per heavy atom. The summed E-state index contributed by atoms with van der Waals surface area (Å²) < 4.78 is 0. The van der Waals surface area contributed by atoms with Gasteiger partial charge in [-0.25, -0.2) is 4.98 Å². The summed E-state index contributed by atoms with van der Waals surface area (Å²) in [6, 6.07) is 1.70. The molecule has 0 amide bonds. The Hall–Kier alpha value is -0.670. The van der Waals surface area contributed by atoms with Crippen molar-refractivity contribution in [3.8, 4) is 0 Å². The monoisotopic (exact) mass is 275 g/mol. The quantitative estimate of drug-likeness (QED) is 0.842. The van der Waals surface area contributed by atoms with E-state index in [1.165, 1.54) is 0 Å². The molecule has 1 aromatic rings. The molecule has 2 N–H and O–H groups in total. The first kappa shape index (κ1) is 14.4. The number of hydrogen-bond acceptors (Lipinski definition) is 3. The van der Waals surface area contributed by atoms with Gasteiger partial charge in [-0.05, 0) is 17.9 Å². The van der Waals surface area contributed by atoms with E-state index in [-0.39, 0.29) is 5.41 Å². The van der Waals surface area contributed by atoms with Crippen LogP contribution in [-0.2, 0) is 0 Å². The average Bonchev–Trinajstić information content (AvgIpc) is 2.28. The standard InChI is InChI=1S/C12H19Cl2N3/c1-5-12(2,3)7-16-11-9(14)6-8(13)10(15-4)17-11/h6H,5,7H2,1-4H3,(H2,15,16,17). The fraction of sp³-hybridized carbons (Fsp3) is 0.583. The smallest absolute Gasteiger partial charge is 0.147 e. The molecule has 0 bridgehead atoms. The van der Waals surface area contributed by atoms with Crippen molar-refractivity contribution in [2.75, 3.05) is 24.2 Å². The summed E-state index contributed by atoms with van der Waals surface area (Å²) in [5, 5.41) is 7.26. The molecule has 0 aliphatic carbocycles. The highest BCUT2D eigenvalue weighted by Crippen LogP contribution is 2.30. The van der Waals surface area contributed by atoms with Gasteiger partial charge in [0.05, 0.1) is 10.0 Å². The van der Waals surface area contributed by atoms with Crippen molar-refractivity contribution in [1.82, 2.24) is 4.98 Å². The van der Waals surface area contributed by atoms with Crippen molar-refractivity contribution in [2.24, 2.45) is 5.41 Å². The summed E-state index contributed by atoms with van der Waals surface area (Å²) in [4.78, 5) is 4.34. The molecule has 1 heterocycles. The van der Waals surface area contributed by atoms with Crippen molar-refractivity contribution in [3.05, 3.63) is 16.1 Å². The highest BCUT2D eigenvalue weighted by atomic mass is 35.5. The Morgan fingerprint density at radius 3 is 2.35 bits per heavy atom. The predicted octanol–water partition coefficient (Wildman–Crippen LogP) is 4.28. The van der Waals surface area contributed by atoms with Gasteiger partial charge < -0.3 is 10.6 Å². The third-order valence-electron chi connectivity index (χ3n) is 2.86. The zero-order valence-electron chi connectivity index (χ0n) is 10.7. The fourth-order valence-corrected chi connectivity index (χ4v) is 1.73. The Bertz CT molecular complexity index is 392. The zero-order valence-corrected chi connectivity index (χ0v) is 12.2. The van der Waals surface area contributed by atoms with Gasteiger partial charge in [-0.1, -0.05) is 44.0 Å². The summed E-state index contributed by atoms with van der Waals surface area (Å²) in [5.41, 5.74) is 0.213. The van der Waals surface area contributed by atoms with Gasteiger partial charge in [-0.2, -0.15) is 0 Å². The maximum Gasteiger partial charge on any atom is 0.147 e. The van der Waals surface area contributed by atoms with E-state index >= 15 is 0 Å². The lowest BCUT2D eigenvalue weighted by atomic mass is 9.90. The maximum absolute atomic E-state index is 6.09. The maximum atomic E-state index is 6.09. The van der Waals surface area contributed by atoms with Crippen molar-refractivity contribution >= 4 is 34.8 Å². The molecule has 0 saturated carbocycles. The Morgan fingerprint density at radius 1 is 1.24 bits per heavy atom. The zero-order chi connectivity index (χ0) is 13.1. The van der Waals surface area contributed by atoms with Crippen LogP contribution in [0.4, 0.5) is 11.6 Å². The summed E-state index contributed by atoms with van der Waals surface area (Å²) in [6.45, 7) is 7.38. The second-order valence-corrected chi connectivity index (χ2v) is 5.58. The molecule has 3 nitrogen and oxygen atoms in total. The van der Waals surface area contributed by atoms with Crippen LogP contribution in [0, 0.1) is 5.41 Å². The van der Waals surface area contributed by atoms with Gasteiger partial charge in [0, 0.05) is 13.6 Å². The first-order valence-electron chi connectivity index (χ1n) is 5.67. The third-order valence-corrected chi connectivity index (χ3v) is 3.43. The molecule has 0 fully saturated rings. The first-order valence-corrected chi connectivity index (χ1v) is 6.43. The first-order chi connectivity index (χ1) is 7.89. The van der Waals surface area contributed by atoms with E-state index in [0.29, 0.717) is 21.7 Å². The third kappa shape index (κ3) is 3.93. The van der Waals surface area contributed by atoms with Crippen LogP contribution in [0.2, 0.25) is 10.0 Å². The minimum absolute atomic E-state index is 0.213. The van der Waals surface area contributed by atoms with E-state index < -0.39 is 0 Å². The Balaban J connectivity index is 2.84. The summed E-state index contributed by atoms with van der Waals surface area (Å²) in [5.74, 6) is 1.30. The van der Waals surface area contributed by atoms with Crippen molar-refractivity contribution in [1.29, 1.82) is 0 Å². The second-order valence-electron chi connectivity index (χ2n) is 4.77. The lowest BCUT2D eigenvalue weighted by Gasteiger charge is -2.23. The van der Waals surface area contributed by atoms with Gasteiger partial charge in [0.15, 0.2) is 0 Å². The van der Waals surface area contributed by atoms with Gasteiger partial charge in [0.25, 0.3) is 0 Å². The van der Waals surface area contributed by atoms with E-state index in [0.717, 1.165) is 13.0 Å². The summed E-state index contributed by atoms with van der Waals surface area (Å²) in [6.07, 6.45) is 1.09. The second kappa shape index (κ2) is 5.78. The molecule has 0 unspecified atom stereocenters. The van der Waals surface area contributed by atoms with Crippen LogP contribution in [-0.4, -0.2) is 18.6 Å². The molecular formula is C12H19Cl2N3. The molecule has 96 valence electrons. The van der Waals surface area contributed by atoms with Gasteiger partial charge in [-0.15, -0.1) is 0 Å². The van der Waals surface area contributed by atoms with Crippen molar-refractivity contribution in [3.63, 3.8) is 0 Å². The van der Waals surface area contributed by atoms with Gasteiger partial charge in [0.2, 0.25) is 0 Å². The van der Waals surface area contributed by atoms with Crippen LogP contribution < -0.4 is 10.6 Å². The number of nitrogens with one attached hydrogen (secondary N) is 2. The molecule has 1 rings (SSSR count). The number of anilines is 2. The van der Waals surface area contributed by atoms with Gasteiger partial charge >= 0.3 is 0 Å². The van der Waals surface area contributed by atoms with Gasteiger partial charge in [-0.3, -0.25) is 0 Å². The molecule has 0 saturated heterocycles. The lowest BCUT2D eigenvalue weighted by molar-refractivity contribution is 0.376. The minimum atomic E-state index is 0.213. The number of nitrogens with zero attached hydrogens (tertiary/aromatic N) is 1. The van der Waals surface area contributed by atoms with E-state index in [2.05, 4.69) is 36.4 Å². The molecule has 0 aliphatic rings. The van der Waals surface area contributed by atoms with Crippen LogP contribution in [0.25, 0.3) is 0 Å². The Kier molecular flexibility index (Phi) is 4.90. The van der Waals surface area contributed by atoms with Crippen LogP contribution in [0.1, 0.15) is 27.2 Å². The highest BCUT2D eigenvalue weighted by molar-refractivity contribution is 6.37. The van der Waals surface area contributed by atoms with E-state index in [1.807, 2.05) is 0 Å². The molecular weight excluding hydrogens is 257 g/mol. The van der Waals surface area contributed by atoms with Crippen molar-refractivity contribution < 1.29 is 0 Å². The molecule has 1 aromatic heterocycles. The summed E-state index contributed by atoms with van der Waals surface area (Å²) >= 11 is 12.1.